The van der Waals surface area contributed by atoms with Crippen LogP contribution in [0.5, 0.6) is 0 Å². The Morgan fingerprint density at radius 2 is 2.19 bits per heavy atom. The van der Waals surface area contributed by atoms with E-state index in [-0.39, 0.29) is 0 Å². The second kappa shape index (κ2) is 5.41. The van der Waals surface area contributed by atoms with Gasteiger partial charge in [0.2, 0.25) is 0 Å². The Morgan fingerprint density at radius 1 is 1.25 bits per heavy atom. The molecule has 0 amide bonds. The fourth-order valence-electron chi connectivity index (χ4n) is 1.07. The maximum Gasteiger partial charge on any atom is 0.144 e. The van der Waals surface area contributed by atoms with Crippen LogP contribution >= 0.6 is 11.8 Å². The number of nitrogens with one attached hydrogen (secondary N) is 1. The molecule has 0 saturated carbocycles. The van der Waals surface area contributed by atoms with Crippen LogP contribution in [-0.4, -0.2) is 27.0 Å². The highest BCUT2D eigenvalue weighted by Crippen LogP contribution is 2.18. The summed E-state index contributed by atoms with van der Waals surface area (Å²) in [7, 11) is 1.82. The van der Waals surface area contributed by atoms with Crippen molar-refractivity contribution < 1.29 is 0 Å². The van der Waals surface area contributed by atoms with Gasteiger partial charge in [0.25, 0.3) is 0 Å². The molecule has 0 aliphatic carbocycles. The molecule has 0 unspecified atom stereocenters. The van der Waals surface area contributed by atoms with Crippen LogP contribution in [0.15, 0.2) is 36.0 Å². The van der Waals surface area contributed by atoms with Gasteiger partial charge in [0.15, 0.2) is 0 Å². The van der Waals surface area contributed by atoms with Crippen molar-refractivity contribution in [3.05, 3.63) is 36.7 Å². The van der Waals surface area contributed by atoms with E-state index in [9.17, 15) is 0 Å². The van der Waals surface area contributed by atoms with E-state index in [2.05, 4.69) is 25.3 Å². The molecular formula is C10H11N5S. The van der Waals surface area contributed by atoms with Crippen LogP contribution in [0, 0.1) is 0 Å². The molecule has 0 radical (unpaired) electrons. The van der Waals surface area contributed by atoms with Crippen LogP contribution in [0.3, 0.4) is 0 Å². The van der Waals surface area contributed by atoms with Gasteiger partial charge in [0.05, 0.1) is 23.1 Å². The van der Waals surface area contributed by atoms with Gasteiger partial charge in [-0.25, -0.2) is 15.0 Å². The standard InChI is InChI=1S/C10H11N5S/c1-11-9-5-13-8(4-14-9)6-16-10-2-3-12-7-15-10/h2-5,7H,6H2,1H3,(H,11,14). The van der Waals surface area contributed by atoms with Crippen molar-refractivity contribution in [2.75, 3.05) is 12.4 Å². The minimum absolute atomic E-state index is 0.758. The Morgan fingerprint density at radius 3 is 2.81 bits per heavy atom. The van der Waals surface area contributed by atoms with Crippen LogP contribution in [0.1, 0.15) is 5.69 Å². The van der Waals surface area contributed by atoms with Crippen LogP contribution in [0.4, 0.5) is 5.82 Å². The smallest absolute Gasteiger partial charge is 0.144 e. The fraction of sp³-hybridized carbons (Fsp3) is 0.200. The third-order valence-electron chi connectivity index (χ3n) is 1.88. The second-order valence-corrected chi connectivity index (χ2v) is 3.97. The first kappa shape index (κ1) is 10.8. The molecular weight excluding hydrogens is 222 g/mol. The van der Waals surface area contributed by atoms with Crippen molar-refractivity contribution in [1.82, 2.24) is 19.9 Å². The molecule has 16 heavy (non-hydrogen) atoms. The Balaban J connectivity index is 1.94. The molecule has 0 aromatic carbocycles. The zero-order valence-corrected chi connectivity index (χ0v) is 9.61. The Labute approximate surface area is 97.8 Å². The average Bonchev–Trinajstić information content (AvgIpc) is 2.38. The Bertz CT molecular complexity index is 431. The Hall–Kier alpha value is -1.69. The van der Waals surface area contributed by atoms with Gasteiger partial charge in [0, 0.05) is 19.0 Å². The van der Waals surface area contributed by atoms with Crippen molar-refractivity contribution >= 4 is 17.6 Å². The fourth-order valence-corrected chi connectivity index (χ4v) is 1.79. The molecule has 0 aliphatic heterocycles. The topological polar surface area (TPSA) is 63.6 Å². The number of aromatic nitrogens is 4. The minimum Gasteiger partial charge on any atom is -0.372 e. The summed E-state index contributed by atoms with van der Waals surface area (Å²) in [6, 6.07) is 1.88. The lowest BCUT2D eigenvalue weighted by atomic mass is 10.5. The van der Waals surface area contributed by atoms with Gasteiger partial charge < -0.3 is 5.32 Å². The van der Waals surface area contributed by atoms with E-state index in [1.165, 1.54) is 6.33 Å². The molecule has 0 bridgehead atoms. The molecule has 6 heteroatoms. The van der Waals surface area contributed by atoms with Crippen LogP contribution in [-0.2, 0) is 5.75 Å². The SMILES string of the molecule is CNc1cnc(CSc2ccncn2)cn1. The molecule has 82 valence electrons. The van der Waals surface area contributed by atoms with Gasteiger partial charge in [-0.2, -0.15) is 0 Å². The number of thioether (sulfide) groups is 1. The molecule has 2 aromatic rings. The third-order valence-corrected chi connectivity index (χ3v) is 2.86. The molecule has 5 nitrogen and oxygen atoms in total. The van der Waals surface area contributed by atoms with E-state index < -0.39 is 0 Å². The van der Waals surface area contributed by atoms with Crippen molar-refractivity contribution in [2.45, 2.75) is 10.8 Å². The van der Waals surface area contributed by atoms with E-state index in [0.29, 0.717) is 0 Å². The molecule has 1 N–H and O–H groups in total. The van der Waals surface area contributed by atoms with Crippen molar-refractivity contribution in [1.29, 1.82) is 0 Å². The summed E-state index contributed by atoms with van der Waals surface area (Å²) in [6.45, 7) is 0. The maximum atomic E-state index is 4.28. The van der Waals surface area contributed by atoms with Crippen molar-refractivity contribution in [3.63, 3.8) is 0 Å². The highest BCUT2D eigenvalue weighted by molar-refractivity contribution is 7.98. The molecule has 0 saturated heterocycles. The first-order chi connectivity index (χ1) is 7.88. The van der Waals surface area contributed by atoms with Gasteiger partial charge >= 0.3 is 0 Å². The van der Waals surface area contributed by atoms with Crippen molar-refractivity contribution in [2.24, 2.45) is 0 Å². The molecule has 2 rings (SSSR count). The van der Waals surface area contributed by atoms with Gasteiger partial charge in [0.1, 0.15) is 12.1 Å². The highest BCUT2D eigenvalue weighted by atomic mass is 32.2. The van der Waals surface area contributed by atoms with Crippen LogP contribution in [0.2, 0.25) is 0 Å². The van der Waals surface area contributed by atoms with Gasteiger partial charge in [-0.05, 0) is 6.07 Å². The monoisotopic (exact) mass is 233 g/mol. The average molecular weight is 233 g/mol. The number of rotatable bonds is 4. The van der Waals surface area contributed by atoms with E-state index in [1.54, 1.807) is 30.4 Å². The van der Waals surface area contributed by atoms with E-state index in [4.69, 9.17) is 0 Å². The summed E-state index contributed by atoms with van der Waals surface area (Å²) in [5, 5.41) is 3.87. The first-order valence-electron chi connectivity index (χ1n) is 4.76. The minimum atomic E-state index is 0.758. The van der Waals surface area contributed by atoms with Gasteiger partial charge in [-0.3, -0.25) is 4.98 Å². The molecule has 2 heterocycles. The molecule has 0 spiro atoms. The molecule has 0 fully saturated rings. The van der Waals surface area contributed by atoms with Gasteiger partial charge in [-0.15, -0.1) is 0 Å². The van der Waals surface area contributed by atoms with Gasteiger partial charge in [-0.1, -0.05) is 11.8 Å². The van der Waals surface area contributed by atoms with E-state index in [1.807, 2.05) is 13.1 Å². The summed E-state index contributed by atoms with van der Waals surface area (Å²) in [6.07, 6.45) is 6.75. The largest absolute Gasteiger partial charge is 0.372 e. The number of anilines is 1. The van der Waals surface area contributed by atoms with Crippen LogP contribution in [0.25, 0.3) is 0 Å². The van der Waals surface area contributed by atoms with Crippen LogP contribution < -0.4 is 5.32 Å². The summed E-state index contributed by atoms with van der Waals surface area (Å²) in [4.78, 5) is 16.4. The zero-order valence-electron chi connectivity index (χ0n) is 8.79. The number of nitrogens with zero attached hydrogens (tertiary/aromatic N) is 4. The number of hydrogen-bond donors (Lipinski definition) is 1. The lowest BCUT2D eigenvalue weighted by molar-refractivity contribution is 1.04. The molecule has 2 aromatic heterocycles. The normalized spacial score (nSPS) is 10.1. The maximum absolute atomic E-state index is 4.28. The Kier molecular flexibility index (Phi) is 3.66. The lowest BCUT2D eigenvalue weighted by Gasteiger charge is -2.01. The molecule has 0 atom stereocenters. The van der Waals surface area contributed by atoms with Crippen molar-refractivity contribution in [3.8, 4) is 0 Å². The predicted molar refractivity (Wildman–Crippen MR) is 63.2 cm³/mol. The molecule has 0 aliphatic rings. The quantitative estimate of drug-likeness (QED) is 0.639. The first-order valence-corrected chi connectivity index (χ1v) is 5.74. The highest BCUT2D eigenvalue weighted by Gasteiger charge is 1.99. The second-order valence-electron chi connectivity index (χ2n) is 2.98. The number of hydrogen-bond acceptors (Lipinski definition) is 6. The van der Waals surface area contributed by atoms with E-state index in [0.717, 1.165) is 22.3 Å². The lowest BCUT2D eigenvalue weighted by Crippen LogP contribution is -1.95. The summed E-state index contributed by atoms with van der Waals surface area (Å²) in [5.41, 5.74) is 0.933. The van der Waals surface area contributed by atoms with E-state index >= 15 is 0 Å². The predicted octanol–water partition coefficient (Wildman–Crippen LogP) is 1.60. The third kappa shape index (κ3) is 2.90. The summed E-state index contributed by atoms with van der Waals surface area (Å²) >= 11 is 1.61. The summed E-state index contributed by atoms with van der Waals surface area (Å²) in [5.74, 6) is 1.53. The zero-order chi connectivity index (χ0) is 11.2. The summed E-state index contributed by atoms with van der Waals surface area (Å²) < 4.78 is 0.